The molecule has 1 aliphatic heterocycles. The summed E-state index contributed by atoms with van der Waals surface area (Å²) in [5.41, 5.74) is 9.25. The maximum Gasteiger partial charge on any atom is 0.0450 e. The molecule has 1 saturated heterocycles. The van der Waals surface area contributed by atoms with Gasteiger partial charge in [0.2, 0.25) is 0 Å². The van der Waals surface area contributed by atoms with Crippen LogP contribution < -0.4 is 5.73 Å². The summed E-state index contributed by atoms with van der Waals surface area (Å²) in [6.45, 7) is 8.03. The minimum atomic E-state index is 0.114. The summed E-state index contributed by atoms with van der Waals surface area (Å²) in [6, 6.07) is 10.1. The van der Waals surface area contributed by atoms with Gasteiger partial charge in [0.05, 0.1) is 0 Å². The van der Waals surface area contributed by atoms with Gasteiger partial charge in [0.25, 0.3) is 0 Å². The molecule has 1 fully saturated rings. The van der Waals surface area contributed by atoms with Gasteiger partial charge in [0, 0.05) is 18.1 Å². The predicted molar refractivity (Wildman–Crippen MR) is 91.5 cm³/mol. The highest BCUT2D eigenvalue weighted by molar-refractivity contribution is 5.25. The second-order valence-corrected chi connectivity index (χ2v) is 6.51. The molecule has 2 N–H and O–H groups in total. The molecular weight excluding hydrogens is 256 g/mol. The van der Waals surface area contributed by atoms with E-state index in [1.807, 2.05) is 0 Å². The van der Waals surface area contributed by atoms with Crippen molar-refractivity contribution >= 4 is 0 Å². The smallest absolute Gasteiger partial charge is 0.0450 e. The third kappa shape index (κ3) is 4.08. The Balaban J connectivity index is 2.09. The molecule has 2 nitrogen and oxygen atoms in total. The molecular formula is C19H32N2. The molecule has 21 heavy (non-hydrogen) atoms. The third-order valence-corrected chi connectivity index (χ3v) is 5.21. The van der Waals surface area contributed by atoms with Crippen LogP contribution >= 0.6 is 0 Å². The fourth-order valence-corrected chi connectivity index (χ4v) is 3.63. The van der Waals surface area contributed by atoms with E-state index < -0.39 is 0 Å². The Hall–Kier alpha value is -0.860. The van der Waals surface area contributed by atoms with Crippen molar-refractivity contribution in [2.24, 2.45) is 5.73 Å². The van der Waals surface area contributed by atoms with Gasteiger partial charge in [0.15, 0.2) is 0 Å². The van der Waals surface area contributed by atoms with E-state index in [9.17, 15) is 0 Å². The van der Waals surface area contributed by atoms with Crippen molar-refractivity contribution in [3.8, 4) is 0 Å². The summed E-state index contributed by atoms with van der Waals surface area (Å²) < 4.78 is 0. The van der Waals surface area contributed by atoms with Gasteiger partial charge < -0.3 is 5.73 Å². The van der Waals surface area contributed by atoms with E-state index >= 15 is 0 Å². The summed E-state index contributed by atoms with van der Waals surface area (Å²) >= 11 is 0. The Bertz CT molecular complexity index is 412. The number of rotatable bonds is 5. The van der Waals surface area contributed by atoms with Crippen molar-refractivity contribution in [2.75, 3.05) is 6.54 Å². The molecule has 3 unspecified atom stereocenters. The molecule has 2 heteroatoms. The average Bonchev–Trinajstić information content (AvgIpc) is 2.78. The SMILES string of the molecule is CCc1ccc(C(N)C(C)N2CCCCCC2CC)cc1. The van der Waals surface area contributed by atoms with Gasteiger partial charge >= 0.3 is 0 Å². The molecule has 0 aliphatic carbocycles. The van der Waals surface area contributed by atoms with Crippen molar-refractivity contribution in [3.05, 3.63) is 35.4 Å². The Morgan fingerprint density at radius 2 is 1.86 bits per heavy atom. The maximum atomic E-state index is 6.59. The molecule has 1 heterocycles. The number of hydrogen-bond donors (Lipinski definition) is 1. The molecule has 0 bridgehead atoms. The van der Waals surface area contributed by atoms with Crippen LogP contribution in [0.15, 0.2) is 24.3 Å². The molecule has 0 saturated carbocycles. The molecule has 2 rings (SSSR count). The van der Waals surface area contributed by atoms with E-state index in [-0.39, 0.29) is 6.04 Å². The zero-order chi connectivity index (χ0) is 15.2. The van der Waals surface area contributed by atoms with Gasteiger partial charge in [-0.3, -0.25) is 4.90 Å². The minimum absolute atomic E-state index is 0.114. The van der Waals surface area contributed by atoms with Crippen LogP contribution in [0.4, 0.5) is 0 Å². The highest BCUT2D eigenvalue weighted by atomic mass is 15.2. The fraction of sp³-hybridized carbons (Fsp3) is 0.684. The molecule has 118 valence electrons. The highest BCUT2D eigenvalue weighted by Crippen LogP contribution is 2.27. The molecule has 0 aromatic heterocycles. The van der Waals surface area contributed by atoms with E-state index in [1.165, 1.54) is 49.8 Å². The van der Waals surface area contributed by atoms with Crippen LogP contribution in [0.5, 0.6) is 0 Å². The van der Waals surface area contributed by atoms with Crippen LogP contribution in [0, 0.1) is 0 Å². The first-order valence-corrected chi connectivity index (χ1v) is 8.77. The Morgan fingerprint density at radius 1 is 1.14 bits per heavy atom. The van der Waals surface area contributed by atoms with Gasteiger partial charge in [-0.15, -0.1) is 0 Å². The first kappa shape index (κ1) is 16.5. The quantitative estimate of drug-likeness (QED) is 0.875. The van der Waals surface area contributed by atoms with Gasteiger partial charge in [0.1, 0.15) is 0 Å². The minimum Gasteiger partial charge on any atom is -0.323 e. The first-order valence-electron chi connectivity index (χ1n) is 8.77. The average molecular weight is 288 g/mol. The van der Waals surface area contributed by atoms with Crippen LogP contribution in [0.2, 0.25) is 0 Å². The molecule has 3 atom stereocenters. The van der Waals surface area contributed by atoms with E-state index in [4.69, 9.17) is 5.73 Å². The standard InChI is InChI=1S/C19H32N2/c1-4-16-10-12-17(13-11-16)19(20)15(3)21-14-8-6-7-9-18(21)5-2/h10-13,15,18-19H,4-9,14,20H2,1-3H3. The third-order valence-electron chi connectivity index (χ3n) is 5.21. The normalized spacial score (nSPS) is 23.5. The predicted octanol–water partition coefficient (Wildman–Crippen LogP) is 4.29. The number of nitrogens with two attached hydrogens (primary N) is 1. The highest BCUT2D eigenvalue weighted by Gasteiger charge is 2.28. The van der Waals surface area contributed by atoms with E-state index in [1.54, 1.807) is 0 Å². The lowest BCUT2D eigenvalue weighted by Gasteiger charge is -2.38. The van der Waals surface area contributed by atoms with Crippen molar-refractivity contribution in [2.45, 2.75) is 77.4 Å². The van der Waals surface area contributed by atoms with Crippen molar-refractivity contribution in [1.29, 1.82) is 0 Å². The summed E-state index contributed by atoms with van der Waals surface area (Å²) in [6.07, 6.45) is 7.74. The number of aryl methyl sites for hydroxylation is 1. The second kappa shape index (κ2) is 7.95. The molecule has 1 aromatic carbocycles. The van der Waals surface area contributed by atoms with E-state index in [0.29, 0.717) is 12.1 Å². The molecule has 1 aliphatic rings. The van der Waals surface area contributed by atoms with E-state index in [2.05, 4.69) is 49.9 Å². The number of benzene rings is 1. The molecule has 0 amide bonds. The zero-order valence-corrected chi connectivity index (χ0v) is 14.0. The van der Waals surface area contributed by atoms with Crippen LogP contribution in [0.3, 0.4) is 0 Å². The molecule has 0 spiro atoms. The molecule has 0 radical (unpaired) electrons. The lowest BCUT2D eigenvalue weighted by atomic mass is 9.96. The van der Waals surface area contributed by atoms with Gasteiger partial charge in [-0.2, -0.15) is 0 Å². The van der Waals surface area contributed by atoms with Gasteiger partial charge in [-0.1, -0.05) is 51.0 Å². The summed E-state index contributed by atoms with van der Waals surface area (Å²) in [5, 5.41) is 0. The Kier molecular flexibility index (Phi) is 6.25. The van der Waals surface area contributed by atoms with Gasteiger partial charge in [-0.25, -0.2) is 0 Å². The van der Waals surface area contributed by atoms with Crippen LogP contribution in [0.25, 0.3) is 0 Å². The number of hydrogen-bond acceptors (Lipinski definition) is 2. The topological polar surface area (TPSA) is 29.3 Å². The lowest BCUT2D eigenvalue weighted by Crippen LogP contribution is -2.46. The summed E-state index contributed by atoms with van der Waals surface area (Å²) in [7, 11) is 0. The van der Waals surface area contributed by atoms with Crippen LogP contribution in [-0.4, -0.2) is 23.5 Å². The number of likely N-dealkylation sites (tertiary alicyclic amines) is 1. The summed E-state index contributed by atoms with van der Waals surface area (Å²) in [5.74, 6) is 0. The monoisotopic (exact) mass is 288 g/mol. The van der Waals surface area contributed by atoms with Crippen molar-refractivity contribution in [3.63, 3.8) is 0 Å². The maximum absolute atomic E-state index is 6.59. The lowest BCUT2D eigenvalue weighted by molar-refractivity contribution is 0.124. The van der Waals surface area contributed by atoms with Crippen LogP contribution in [0.1, 0.15) is 70.0 Å². The fourth-order valence-electron chi connectivity index (χ4n) is 3.63. The Labute approximate surface area is 130 Å². The molecule has 1 aromatic rings. The van der Waals surface area contributed by atoms with Gasteiger partial charge in [-0.05, 0) is 50.3 Å². The second-order valence-electron chi connectivity index (χ2n) is 6.51. The first-order chi connectivity index (χ1) is 10.2. The largest absolute Gasteiger partial charge is 0.323 e. The Morgan fingerprint density at radius 3 is 2.48 bits per heavy atom. The number of nitrogens with zero attached hydrogens (tertiary/aromatic N) is 1. The van der Waals surface area contributed by atoms with Crippen LogP contribution in [-0.2, 0) is 6.42 Å². The van der Waals surface area contributed by atoms with Crippen molar-refractivity contribution < 1.29 is 0 Å². The van der Waals surface area contributed by atoms with Crippen molar-refractivity contribution in [1.82, 2.24) is 4.90 Å². The summed E-state index contributed by atoms with van der Waals surface area (Å²) in [4.78, 5) is 2.67. The van der Waals surface area contributed by atoms with E-state index in [0.717, 1.165) is 6.42 Å². The zero-order valence-electron chi connectivity index (χ0n) is 14.0.